The van der Waals surface area contributed by atoms with Gasteiger partial charge in [-0.25, -0.2) is 0 Å². The second-order valence-electron chi connectivity index (χ2n) is 8.20. The van der Waals surface area contributed by atoms with Crippen molar-refractivity contribution in [1.29, 1.82) is 0 Å². The normalized spacial score (nSPS) is 11.9. The van der Waals surface area contributed by atoms with Crippen molar-refractivity contribution in [3.8, 4) is 0 Å². The summed E-state index contributed by atoms with van der Waals surface area (Å²) in [5, 5.41) is 15.4. The van der Waals surface area contributed by atoms with E-state index < -0.39 is 0 Å². The number of nitrogens with zero attached hydrogens (tertiary/aromatic N) is 3. The average Bonchev–Trinajstić information content (AvgIpc) is 3.22. The van der Waals surface area contributed by atoms with Gasteiger partial charge >= 0.3 is 0 Å². The van der Waals surface area contributed by atoms with Gasteiger partial charge in [-0.2, -0.15) is 0 Å². The van der Waals surface area contributed by atoms with Gasteiger partial charge in [0.05, 0.1) is 11.8 Å². The number of thioether (sulfide) groups is 1. The number of carbonyl (C=O) groups is 2. The quantitative estimate of drug-likeness (QED) is 0.439. The summed E-state index contributed by atoms with van der Waals surface area (Å²) in [6.07, 6.45) is 0. The summed E-state index contributed by atoms with van der Waals surface area (Å²) in [5.41, 5.74) is 2.71. The molecule has 2 N–H and O–H groups in total. The van der Waals surface area contributed by atoms with Gasteiger partial charge in [0.25, 0.3) is 5.91 Å². The lowest BCUT2D eigenvalue weighted by atomic mass is 10.0. The summed E-state index contributed by atoms with van der Waals surface area (Å²) in [6, 6.07) is 17.0. The van der Waals surface area contributed by atoms with Crippen LogP contribution in [0, 0.1) is 12.8 Å². The first-order chi connectivity index (χ1) is 15.9. The van der Waals surface area contributed by atoms with Crippen LogP contribution >= 0.6 is 11.8 Å². The number of aryl methyl sites for hydroxylation is 1. The Hall–Kier alpha value is -3.13. The standard InChI is InChI=1S/C25H31N5O2S/c1-5-30-23(22(17(2)3)27-24(32)20-13-9-10-18(4)14-20)28-29-25(30)33-16-21(31)26-15-19-11-7-6-8-12-19/h6-14,17,22H,5,15-16H2,1-4H3,(H,26,31)(H,27,32)/t22-/m0/s1. The third-order valence-electron chi connectivity index (χ3n) is 5.24. The van der Waals surface area contributed by atoms with E-state index in [1.54, 1.807) is 6.07 Å². The number of rotatable bonds is 10. The lowest BCUT2D eigenvalue weighted by Crippen LogP contribution is -2.33. The molecule has 0 spiro atoms. The molecule has 3 rings (SSSR count). The smallest absolute Gasteiger partial charge is 0.251 e. The molecule has 0 unspecified atom stereocenters. The molecule has 2 aromatic carbocycles. The Morgan fingerprint density at radius 2 is 1.82 bits per heavy atom. The zero-order chi connectivity index (χ0) is 23.8. The predicted molar refractivity (Wildman–Crippen MR) is 131 cm³/mol. The van der Waals surface area contributed by atoms with E-state index in [-0.39, 0.29) is 29.5 Å². The van der Waals surface area contributed by atoms with E-state index in [4.69, 9.17) is 0 Å². The number of aromatic nitrogens is 3. The number of hydrogen-bond acceptors (Lipinski definition) is 5. The third-order valence-corrected chi connectivity index (χ3v) is 6.21. The van der Waals surface area contributed by atoms with Crippen molar-refractivity contribution in [1.82, 2.24) is 25.4 Å². The van der Waals surface area contributed by atoms with Gasteiger partial charge in [-0.1, -0.05) is 73.6 Å². The number of amides is 2. The van der Waals surface area contributed by atoms with Crippen LogP contribution in [0.4, 0.5) is 0 Å². The van der Waals surface area contributed by atoms with Crippen LogP contribution in [-0.4, -0.2) is 32.3 Å². The van der Waals surface area contributed by atoms with Crippen molar-refractivity contribution in [2.75, 3.05) is 5.75 Å². The molecule has 0 bridgehead atoms. The van der Waals surface area contributed by atoms with Crippen molar-refractivity contribution in [3.05, 3.63) is 77.1 Å². The minimum atomic E-state index is -0.299. The highest BCUT2D eigenvalue weighted by Gasteiger charge is 2.26. The maximum Gasteiger partial charge on any atom is 0.251 e. The monoisotopic (exact) mass is 465 g/mol. The van der Waals surface area contributed by atoms with Crippen LogP contribution < -0.4 is 10.6 Å². The molecule has 0 aliphatic rings. The average molecular weight is 466 g/mol. The molecule has 174 valence electrons. The van der Waals surface area contributed by atoms with Gasteiger partial charge in [-0.05, 0) is 37.5 Å². The molecule has 33 heavy (non-hydrogen) atoms. The molecule has 7 nitrogen and oxygen atoms in total. The van der Waals surface area contributed by atoms with Gasteiger partial charge in [-0.3, -0.25) is 9.59 Å². The number of nitrogens with one attached hydrogen (secondary N) is 2. The molecule has 0 radical (unpaired) electrons. The Kier molecular flexibility index (Phi) is 8.65. The van der Waals surface area contributed by atoms with Crippen LogP contribution in [0.25, 0.3) is 0 Å². The van der Waals surface area contributed by atoms with Crippen LogP contribution in [-0.2, 0) is 17.9 Å². The molecular formula is C25H31N5O2S. The second-order valence-corrected chi connectivity index (χ2v) is 9.14. The minimum Gasteiger partial charge on any atom is -0.351 e. The van der Waals surface area contributed by atoms with Crippen LogP contribution in [0.1, 0.15) is 54.1 Å². The van der Waals surface area contributed by atoms with Gasteiger partial charge in [0.2, 0.25) is 5.91 Å². The van der Waals surface area contributed by atoms with Crippen molar-refractivity contribution in [2.24, 2.45) is 5.92 Å². The highest BCUT2D eigenvalue weighted by atomic mass is 32.2. The fraction of sp³-hybridized carbons (Fsp3) is 0.360. The summed E-state index contributed by atoms with van der Waals surface area (Å²) in [5.74, 6) is 0.843. The molecule has 0 saturated carbocycles. The SMILES string of the molecule is CCn1c(SCC(=O)NCc2ccccc2)nnc1[C@@H](NC(=O)c1cccc(C)c1)C(C)C. The second kappa shape index (κ2) is 11.7. The predicted octanol–water partition coefficient (Wildman–Crippen LogP) is 4.14. The van der Waals surface area contributed by atoms with Crippen molar-refractivity contribution in [3.63, 3.8) is 0 Å². The van der Waals surface area contributed by atoms with Gasteiger partial charge in [0, 0.05) is 18.7 Å². The van der Waals surface area contributed by atoms with Gasteiger partial charge in [0.1, 0.15) is 0 Å². The van der Waals surface area contributed by atoms with Crippen molar-refractivity contribution >= 4 is 23.6 Å². The summed E-state index contributed by atoms with van der Waals surface area (Å²) in [7, 11) is 0. The van der Waals surface area contributed by atoms with E-state index in [2.05, 4.69) is 20.8 Å². The zero-order valence-corrected chi connectivity index (χ0v) is 20.4. The lowest BCUT2D eigenvalue weighted by Gasteiger charge is -2.22. The van der Waals surface area contributed by atoms with Crippen LogP contribution in [0.3, 0.4) is 0 Å². The van der Waals surface area contributed by atoms with Crippen LogP contribution in [0.5, 0.6) is 0 Å². The van der Waals surface area contributed by atoms with E-state index in [0.29, 0.717) is 29.6 Å². The first kappa shape index (κ1) is 24.5. The number of hydrogen-bond donors (Lipinski definition) is 2. The molecule has 0 aliphatic heterocycles. The third kappa shape index (κ3) is 6.68. The van der Waals surface area contributed by atoms with E-state index in [0.717, 1.165) is 11.1 Å². The Labute approximate surface area is 199 Å². The largest absolute Gasteiger partial charge is 0.351 e. The Morgan fingerprint density at radius 3 is 2.48 bits per heavy atom. The van der Waals surface area contributed by atoms with E-state index in [9.17, 15) is 9.59 Å². The zero-order valence-electron chi connectivity index (χ0n) is 19.5. The van der Waals surface area contributed by atoms with Crippen molar-refractivity contribution in [2.45, 2.75) is 52.0 Å². The molecule has 1 heterocycles. The molecule has 3 aromatic rings. The maximum absolute atomic E-state index is 12.9. The van der Waals surface area contributed by atoms with E-state index >= 15 is 0 Å². The Bertz CT molecular complexity index is 1080. The van der Waals surface area contributed by atoms with Gasteiger partial charge < -0.3 is 15.2 Å². The molecule has 1 aromatic heterocycles. The van der Waals surface area contributed by atoms with E-state index in [1.165, 1.54) is 11.8 Å². The molecular weight excluding hydrogens is 434 g/mol. The first-order valence-electron chi connectivity index (χ1n) is 11.1. The van der Waals surface area contributed by atoms with Crippen LogP contribution in [0.2, 0.25) is 0 Å². The highest BCUT2D eigenvalue weighted by molar-refractivity contribution is 7.99. The molecule has 0 aliphatic carbocycles. The summed E-state index contributed by atoms with van der Waals surface area (Å²) < 4.78 is 1.97. The van der Waals surface area contributed by atoms with E-state index in [1.807, 2.05) is 80.8 Å². The van der Waals surface area contributed by atoms with Crippen LogP contribution in [0.15, 0.2) is 59.8 Å². The molecule has 1 atom stereocenters. The Balaban J connectivity index is 1.66. The summed E-state index contributed by atoms with van der Waals surface area (Å²) in [6.45, 7) is 9.18. The number of benzene rings is 2. The number of carbonyl (C=O) groups excluding carboxylic acids is 2. The lowest BCUT2D eigenvalue weighted by molar-refractivity contribution is -0.118. The fourth-order valence-electron chi connectivity index (χ4n) is 3.45. The van der Waals surface area contributed by atoms with Gasteiger partial charge in [-0.15, -0.1) is 10.2 Å². The summed E-state index contributed by atoms with van der Waals surface area (Å²) in [4.78, 5) is 25.2. The Morgan fingerprint density at radius 1 is 1.06 bits per heavy atom. The first-order valence-corrected chi connectivity index (χ1v) is 12.1. The highest BCUT2D eigenvalue weighted by Crippen LogP contribution is 2.25. The maximum atomic E-state index is 12.9. The van der Waals surface area contributed by atoms with Crippen molar-refractivity contribution < 1.29 is 9.59 Å². The molecule has 8 heteroatoms. The molecule has 0 fully saturated rings. The summed E-state index contributed by atoms with van der Waals surface area (Å²) >= 11 is 1.35. The minimum absolute atomic E-state index is 0.0655. The molecule has 2 amide bonds. The topological polar surface area (TPSA) is 88.9 Å². The fourth-order valence-corrected chi connectivity index (χ4v) is 4.29. The van der Waals surface area contributed by atoms with Gasteiger partial charge in [0.15, 0.2) is 11.0 Å². The molecule has 0 saturated heterocycles.